The number of benzene rings is 4. The van der Waals surface area contributed by atoms with E-state index >= 15 is 0 Å². The molecule has 0 saturated heterocycles. The van der Waals surface area contributed by atoms with Crippen LogP contribution in [0.5, 0.6) is 23.3 Å². The van der Waals surface area contributed by atoms with Crippen molar-refractivity contribution in [2.24, 2.45) is 0 Å². The Bertz CT molecular complexity index is 2480. The van der Waals surface area contributed by atoms with Gasteiger partial charge in [0.15, 0.2) is 6.33 Å². The molecule has 0 saturated carbocycles. The number of rotatable bonds is 9. The van der Waals surface area contributed by atoms with Crippen molar-refractivity contribution in [3.63, 3.8) is 0 Å². The molecular formula is C38H29N7O4P2. The number of aromatic nitrogens is 7. The smallest absolute Gasteiger partial charge is 0.273 e. The molecule has 51 heavy (non-hydrogen) atoms. The van der Waals surface area contributed by atoms with Crippen molar-refractivity contribution >= 4 is 57.3 Å². The van der Waals surface area contributed by atoms with Crippen molar-refractivity contribution in [3.05, 3.63) is 140 Å². The maximum atomic E-state index is 14.6. The van der Waals surface area contributed by atoms with Gasteiger partial charge in [0, 0.05) is 56.5 Å². The summed E-state index contributed by atoms with van der Waals surface area (Å²) in [6.45, 7) is 3.47. The van der Waals surface area contributed by atoms with Gasteiger partial charge in [0.1, 0.15) is 25.8 Å². The van der Waals surface area contributed by atoms with Crippen molar-refractivity contribution < 1.29 is 18.6 Å². The van der Waals surface area contributed by atoms with Crippen LogP contribution >= 0.6 is 14.3 Å². The minimum atomic E-state index is -3.14. The van der Waals surface area contributed by atoms with E-state index < -0.39 is 14.3 Å². The van der Waals surface area contributed by atoms with Gasteiger partial charge in [-0.25, -0.2) is 9.97 Å². The highest BCUT2D eigenvalue weighted by atomic mass is 31.2. The monoisotopic (exact) mass is 709 g/mol. The fourth-order valence-electron chi connectivity index (χ4n) is 6.01. The summed E-state index contributed by atoms with van der Waals surface area (Å²) in [7, 11) is -6.28. The predicted octanol–water partition coefficient (Wildman–Crippen LogP) is 6.63. The van der Waals surface area contributed by atoms with Gasteiger partial charge >= 0.3 is 0 Å². The fraction of sp³-hybridized carbons (Fsp3) is 0.0526. The molecule has 4 heterocycles. The summed E-state index contributed by atoms with van der Waals surface area (Å²) in [6, 6.07) is 36.7. The maximum absolute atomic E-state index is 14.6. The summed E-state index contributed by atoms with van der Waals surface area (Å²) in [5.74, 6) is 2.17. The van der Waals surface area contributed by atoms with Gasteiger partial charge in [0.05, 0.1) is 11.0 Å². The Morgan fingerprint density at radius 1 is 0.529 bits per heavy atom. The van der Waals surface area contributed by atoms with Crippen LogP contribution in [-0.4, -0.2) is 48.3 Å². The van der Waals surface area contributed by atoms with E-state index in [0.717, 1.165) is 10.8 Å². The number of pyridine rings is 2. The van der Waals surface area contributed by atoms with E-state index in [4.69, 9.17) is 9.47 Å². The molecule has 4 aromatic carbocycles. The number of hydrogen-bond donors (Lipinski definition) is 0. The number of nitrogens with zero attached hydrogens (tertiary/aromatic N) is 7. The Kier molecular flexibility index (Phi) is 8.22. The lowest BCUT2D eigenvalue weighted by molar-refractivity contribution is 0.463. The van der Waals surface area contributed by atoms with Crippen LogP contribution in [0, 0.1) is 0 Å². The molecule has 0 N–H and O–H groups in total. The molecule has 250 valence electrons. The van der Waals surface area contributed by atoms with Crippen molar-refractivity contribution in [1.82, 2.24) is 34.9 Å². The van der Waals surface area contributed by atoms with Gasteiger partial charge in [-0.05, 0) is 61.9 Å². The molecule has 13 heteroatoms. The maximum Gasteiger partial charge on any atom is 0.273 e. The van der Waals surface area contributed by atoms with Crippen LogP contribution in [0.3, 0.4) is 0 Å². The standard InChI is InChI=1S/C38H29N7O4P2/c1-50(46,28-11-7-9-26(21-28)48-36-13-3-5-19-39-36)30-15-17-32-33-18-16-31(24-35(33)45(34(32)23-30)38-43-41-25-42-44-38)51(2,47)29-12-8-10-27(22-29)49-37-14-4-6-20-40-37/h3-25H,1-2H3. The quantitative estimate of drug-likeness (QED) is 0.150. The molecule has 0 radical (unpaired) electrons. The Morgan fingerprint density at radius 3 is 1.45 bits per heavy atom. The molecule has 0 amide bonds. The Balaban J connectivity index is 1.22. The van der Waals surface area contributed by atoms with E-state index in [-0.39, 0.29) is 5.95 Å². The molecule has 0 aliphatic rings. The van der Waals surface area contributed by atoms with Crippen LogP contribution in [0.1, 0.15) is 0 Å². The van der Waals surface area contributed by atoms with Crippen LogP contribution in [0.2, 0.25) is 0 Å². The third-order valence-electron chi connectivity index (χ3n) is 8.66. The lowest BCUT2D eigenvalue weighted by Crippen LogP contribution is -2.16. The van der Waals surface area contributed by atoms with Gasteiger partial charge in [-0.2, -0.15) is 0 Å². The molecule has 0 aliphatic heterocycles. The summed E-state index contributed by atoms with van der Waals surface area (Å²) in [5.41, 5.74) is 1.41. The summed E-state index contributed by atoms with van der Waals surface area (Å²) in [5, 5.41) is 20.8. The van der Waals surface area contributed by atoms with Crippen LogP contribution < -0.4 is 30.7 Å². The highest BCUT2D eigenvalue weighted by Gasteiger charge is 2.27. The average molecular weight is 710 g/mol. The van der Waals surface area contributed by atoms with Gasteiger partial charge in [-0.15, -0.1) is 20.4 Å². The minimum absolute atomic E-state index is 0.222. The van der Waals surface area contributed by atoms with E-state index in [1.54, 1.807) is 62.1 Å². The summed E-state index contributed by atoms with van der Waals surface area (Å²) < 4.78 is 43.0. The van der Waals surface area contributed by atoms with Crippen LogP contribution in [-0.2, 0) is 9.13 Å². The van der Waals surface area contributed by atoms with E-state index in [0.29, 0.717) is 55.5 Å². The third kappa shape index (κ3) is 6.18. The van der Waals surface area contributed by atoms with Gasteiger partial charge in [0.2, 0.25) is 11.8 Å². The molecule has 8 rings (SSSR count). The molecule has 2 unspecified atom stereocenters. The largest absolute Gasteiger partial charge is 0.439 e. The molecular weight excluding hydrogens is 680 g/mol. The summed E-state index contributed by atoms with van der Waals surface area (Å²) in [6.07, 6.45) is 4.56. The molecule has 0 aliphatic carbocycles. The molecule has 8 aromatic rings. The first kappa shape index (κ1) is 32.2. The molecule has 11 nitrogen and oxygen atoms in total. The predicted molar refractivity (Wildman–Crippen MR) is 199 cm³/mol. The SMILES string of the molecule is CP(=O)(c1cccc(Oc2ccccn2)c1)c1ccc2c3ccc(P(C)(=O)c4cccc(Oc5ccccn5)c4)cc3n(-c3nncnn3)c2c1. The van der Waals surface area contributed by atoms with Crippen molar-refractivity contribution in [3.8, 4) is 29.2 Å². The summed E-state index contributed by atoms with van der Waals surface area (Å²) >= 11 is 0. The highest BCUT2D eigenvalue weighted by Crippen LogP contribution is 2.44. The first-order valence-corrected chi connectivity index (χ1v) is 20.2. The fourth-order valence-corrected chi connectivity index (χ4v) is 9.55. The van der Waals surface area contributed by atoms with Gasteiger partial charge in [-0.3, -0.25) is 4.57 Å². The van der Waals surface area contributed by atoms with Crippen molar-refractivity contribution in [2.75, 3.05) is 13.3 Å². The van der Waals surface area contributed by atoms with Crippen molar-refractivity contribution in [1.29, 1.82) is 0 Å². The third-order valence-corrected chi connectivity index (χ3v) is 13.7. The second-order valence-electron chi connectivity index (χ2n) is 12.0. The van der Waals surface area contributed by atoms with Crippen molar-refractivity contribution in [2.45, 2.75) is 0 Å². The van der Waals surface area contributed by atoms with E-state index in [2.05, 4.69) is 30.4 Å². The number of hydrogen-bond acceptors (Lipinski definition) is 10. The first-order chi connectivity index (χ1) is 24.8. The van der Waals surface area contributed by atoms with Crippen LogP contribution in [0.4, 0.5) is 0 Å². The zero-order chi connectivity index (χ0) is 35.0. The highest BCUT2D eigenvalue weighted by molar-refractivity contribution is 7.78. The molecule has 0 spiro atoms. The topological polar surface area (TPSA) is 135 Å². The summed E-state index contributed by atoms with van der Waals surface area (Å²) in [4.78, 5) is 8.47. The molecule has 0 bridgehead atoms. The Hall–Kier alpha value is -6.02. The number of fused-ring (bicyclic) bond motifs is 3. The normalized spacial score (nSPS) is 13.8. The average Bonchev–Trinajstić information content (AvgIpc) is 3.49. The zero-order valence-corrected chi connectivity index (χ0v) is 29.2. The van der Waals surface area contributed by atoms with E-state index in [1.807, 2.05) is 89.5 Å². The lowest BCUT2D eigenvalue weighted by Gasteiger charge is -2.16. The van der Waals surface area contributed by atoms with E-state index in [9.17, 15) is 9.13 Å². The Morgan fingerprint density at radius 2 is 1.00 bits per heavy atom. The second kappa shape index (κ2) is 13.0. The molecule has 2 atom stereocenters. The number of ether oxygens (including phenoxy) is 2. The molecule has 4 aromatic heterocycles. The zero-order valence-electron chi connectivity index (χ0n) is 27.4. The first-order valence-electron chi connectivity index (χ1n) is 15.9. The van der Waals surface area contributed by atoms with Gasteiger partial charge in [0.25, 0.3) is 5.95 Å². The van der Waals surface area contributed by atoms with Crippen LogP contribution in [0.25, 0.3) is 27.8 Å². The molecule has 0 fully saturated rings. The Labute approximate surface area is 292 Å². The van der Waals surface area contributed by atoms with Gasteiger partial charge in [-0.1, -0.05) is 60.7 Å². The van der Waals surface area contributed by atoms with Gasteiger partial charge < -0.3 is 18.6 Å². The second-order valence-corrected chi connectivity index (χ2v) is 17.7. The minimum Gasteiger partial charge on any atom is -0.439 e. The van der Waals surface area contributed by atoms with Crippen LogP contribution in [0.15, 0.2) is 140 Å². The lowest BCUT2D eigenvalue weighted by atomic mass is 10.1. The van der Waals surface area contributed by atoms with E-state index in [1.165, 1.54) is 6.33 Å².